The molecule has 0 aliphatic carbocycles. The molecule has 1 amide bonds. The van der Waals surface area contributed by atoms with E-state index in [2.05, 4.69) is 0 Å². The number of benzene rings is 1. The van der Waals surface area contributed by atoms with Crippen LogP contribution in [0.15, 0.2) is 30.3 Å². The molecule has 2 heterocycles. The van der Waals surface area contributed by atoms with Crippen LogP contribution in [0, 0.1) is 19.8 Å². The lowest BCUT2D eigenvalue weighted by atomic mass is 10.1. The molecular weight excluding hydrogens is 396 g/mol. The summed E-state index contributed by atoms with van der Waals surface area (Å²) in [7, 11) is 1.63. The fourth-order valence-corrected chi connectivity index (χ4v) is 4.11. The van der Waals surface area contributed by atoms with Crippen LogP contribution in [0.1, 0.15) is 40.7 Å². The molecule has 3 rings (SSSR count). The van der Waals surface area contributed by atoms with Gasteiger partial charge in [-0.1, -0.05) is 25.1 Å². The number of methoxy groups -OCH3 is 1. The first-order chi connectivity index (χ1) is 14.9. The highest BCUT2D eigenvalue weighted by atomic mass is 16.5. The van der Waals surface area contributed by atoms with Crippen molar-refractivity contribution in [2.75, 3.05) is 31.8 Å². The predicted octanol–water partition coefficient (Wildman–Crippen LogP) is 3.09. The van der Waals surface area contributed by atoms with Gasteiger partial charge >= 0.3 is 5.97 Å². The van der Waals surface area contributed by atoms with Crippen molar-refractivity contribution in [3.05, 3.63) is 52.8 Å². The van der Waals surface area contributed by atoms with Gasteiger partial charge in [0.2, 0.25) is 11.7 Å². The number of hydrogen-bond donors (Lipinski definition) is 0. The van der Waals surface area contributed by atoms with E-state index < -0.39 is 11.9 Å². The molecule has 1 aromatic carbocycles. The third kappa shape index (κ3) is 4.88. The second-order valence-electron chi connectivity index (χ2n) is 7.85. The fourth-order valence-electron chi connectivity index (χ4n) is 4.11. The monoisotopic (exact) mass is 426 g/mol. The van der Waals surface area contributed by atoms with E-state index in [-0.39, 0.29) is 31.3 Å². The molecule has 7 heteroatoms. The number of ether oxygens (including phenoxy) is 2. The molecular formula is C24H30N2O5. The van der Waals surface area contributed by atoms with Gasteiger partial charge in [0.25, 0.3) is 0 Å². The number of nitrogens with zero attached hydrogens (tertiary/aromatic N) is 2. The number of esters is 1. The minimum atomic E-state index is -0.570. The number of Topliss-reactive ketones (excluding diaryl/α,β-unsaturated/α-hetero) is 1. The number of aromatic nitrogens is 1. The van der Waals surface area contributed by atoms with E-state index in [9.17, 15) is 14.4 Å². The summed E-state index contributed by atoms with van der Waals surface area (Å²) in [5.41, 5.74) is 4.22. The van der Waals surface area contributed by atoms with Gasteiger partial charge in [0.15, 0.2) is 6.61 Å². The highest BCUT2D eigenvalue weighted by Crippen LogP contribution is 2.29. The van der Waals surface area contributed by atoms with Gasteiger partial charge in [-0.25, -0.2) is 0 Å². The molecule has 0 bridgehead atoms. The second-order valence-corrected chi connectivity index (χ2v) is 7.85. The zero-order valence-corrected chi connectivity index (χ0v) is 18.6. The van der Waals surface area contributed by atoms with Gasteiger partial charge in [-0.3, -0.25) is 14.4 Å². The Balaban J connectivity index is 1.61. The summed E-state index contributed by atoms with van der Waals surface area (Å²) in [6.45, 7) is 6.97. The number of carbonyl (C=O) groups excluding carboxylic acids is 3. The highest BCUT2D eigenvalue weighted by molar-refractivity contribution is 6.01. The normalized spacial score (nSPS) is 16.1. The Hall–Kier alpha value is -2.93. The van der Waals surface area contributed by atoms with E-state index in [1.807, 2.05) is 55.7 Å². The molecule has 7 nitrogen and oxygen atoms in total. The standard InChI is InChI=1S/C24H30N2O5/c1-5-18-8-6-7-9-21(18)26-14-19(13-23(26)28)24(29)31-15-22(27)20-12-16(2)25(17(20)3)10-11-30-4/h6-9,12,19H,5,10-11,13-15H2,1-4H3/t19-/m0/s1. The Labute approximate surface area is 182 Å². The summed E-state index contributed by atoms with van der Waals surface area (Å²) in [5.74, 6) is -1.43. The molecule has 0 radical (unpaired) electrons. The van der Waals surface area contributed by atoms with Crippen molar-refractivity contribution in [1.29, 1.82) is 0 Å². The van der Waals surface area contributed by atoms with Crippen LogP contribution in [0.5, 0.6) is 0 Å². The Bertz CT molecular complexity index is 978. The van der Waals surface area contributed by atoms with Crippen molar-refractivity contribution in [3.63, 3.8) is 0 Å². The fraction of sp³-hybridized carbons (Fsp3) is 0.458. The topological polar surface area (TPSA) is 77.8 Å². The molecule has 2 aromatic rings. The maximum Gasteiger partial charge on any atom is 0.311 e. The number of ketones is 1. The number of hydrogen-bond acceptors (Lipinski definition) is 5. The molecule has 166 valence electrons. The molecule has 1 atom stereocenters. The van der Waals surface area contributed by atoms with Crippen LogP contribution in [0.25, 0.3) is 0 Å². The molecule has 0 spiro atoms. The van der Waals surface area contributed by atoms with E-state index in [1.165, 1.54) is 0 Å². The summed E-state index contributed by atoms with van der Waals surface area (Å²) in [6, 6.07) is 9.51. The van der Waals surface area contributed by atoms with Crippen LogP contribution >= 0.6 is 0 Å². The average Bonchev–Trinajstić information content (AvgIpc) is 3.29. The van der Waals surface area contributed by atoms with Crippen molar-refractivity contribution in [2.45, 2.75) is 40.2 Å². The highest BCUT2D eigenvalue weighted by Gasteiger charge is 2.37. The molecule has 31 heavy (non-hydrogen) atoms. The number of amides is 1. The minimum Gasteiger partial charge on any atom is -0.457 e. The van der Waals surface area contributed by atoms with E-state index in [0.29, 0.717) is 18.7 Å². The van der Waals surface area contributed by atoms with Crippen molar-refractivity contribution < 1.29 is 23.9 Å². The third-order valence-corrected chi connectivity index (χ3v) is 5.86. The molecule has 1 aromatic heterocycles. The molecule has 0 unspecified atom stereocenters. The number of carbonyl (C=O) groups is 3. The van der Waals surface area contributed by atoms with Crippen molar-refractivity contribution in [1.82, 2.24) is 4.57 Å². The van der Waals surface area contributed by atoms with E-state index in [1.54, 1.807) is 12.0 Å². The van der Waals surface area contributed by atoms with Gasteiger partial charge < -0.3 is 18.9 Å². The van der Waals surface area contributed by atoms with E-state index >= 15 is 0 Å². The van der Waals surface area contributed by atoms with Crippen molar-refractivity contribution >= 4 is 23.3 Å². The first-order valence-corrected chi connectivity index (χ1v) is 10.6. The zero-order valence-electron chi connectivity index (χ0n) is 18.6. The molecule has 1 aliphatic rings. The lowest BCUT2D eigenvalue weighted by Crippen LogP contribution is -2.28. The Morgan fingerprint density at radius 1 is 1.19 bits per heavy atom. The van der Waals surface area contributed by atoms with E-state index in [0.717, 1.165) is 29.1 Å². The van der Waals surface area contributed by atoms with Gasteiger partial charge in [0.05, 0.1) is 12.5 Å². The van der Waals surface area contributed by atoms with Gasteiger partial charge in [0, 0.05) is 49.3 Å². The average molecular weight is 427 g/mol. The SMILES string of the molecule is CCc1ccccc1N1C[C@@H](C(=O)OCC(=O)c2cc(C)n(CCOC)c2C)CC1=O. The Morgan fingerprint density at radius 3 is 2.65 bits per heavy atom. The number of anilines is 1. The van der Waals surface area contributed by atoms with Crippen LogP contribution in [0.2, 0.25) is 0 Å². The third-order valence-electron chi connectivity index (χ3n) is 5.86. The van der Waals surface area contributed by atoms with Gasteiger partial charge in [-0.05, 0) is 38.0 Å². The Kier molecular flexibility index (Phi) is 7.28. The number of aryl methyl sites for hydroxylation is 2. The summed E-state index contributed by atoms with van der Waals surface area (Å²) in [5, 5.41) is 0. The summed E-state index contributed by atoms with van der Waals surface area (Å²) in [6.07, 6.45) is 0.892. The smallest absolute Gasteiger partial charge is 0.311 e. The summed E-state index contributed by atoms with van der Waals surface area (Å²) in [4.78, 5) is 39.4. The zero-order chi connectivity index (χ0) is 22.5. The minimum absolute atomic E-state index is 0.0939. The van der Waals surface area contributed by atoms with Crippen molar-refractivity contribution in [3.8, 4) is 0 Å². The maximum atomic E-state index is 12.7. The molecule has 1 aliphatic heterocycles. The van der Waals surface area contributed by atoms with Crippen LogP contribution < -0.4 is 4.90 Å². The summed E-state index contributed by atoms with van der Waals surface area (Å²) < 4.78 is 12.4. The lowest BCUT2D eigenvalue weighted by molar-refractivity contribution is -0.147. The first kappa shape index (κ1) is 22.7. The van der Waals surface area contributed by atoms with Crippen molar-refractivity contribution in [2.24, 2.45) is 5.92 Å². The van der Waals surface area contributed by atoms with Crippen LogP contribution in [-0.4, -0.2) is 49.1 Å². The number of rotatable bonds is 9. The van der Waals surface area contributed by atoms with Gasteiger partial charge in [0.1, 0.15) is 0 Å². The Morgan fingerprint density at radius 2 is 1.94 bits per heavy atom. The molecule has 0 saturated carbocycles. The van der Waals surface area contributed by atoms with Gasteiger partial charge in [-0.2, -0.15) is 0 Å². The summed E-state index contributed by atoms with van der Waals surface area (Å²) >= 11 is 0. The van der Waals surface area contributed by atoms with Crippen LogP contribution in [-0.2, 0) is 32.0 Å². The van der Waals surface area contributed by atoms with Crippen LogP contribution in [0.3, 0.4) is 0 Å². The largest absolute Gasteiger partial charge is 0.457 e. The van der Waals surface area contributed by atoms with Crippen LogP contribution in [0.4, 0.5) is 5.69 Å². The first-order valence-electron chi connectivity index (χ1n) is 10.6. The predicted molar refractivity (Wildman–Crippen MR) is 117 cm³/mol. The molecule has 1 saturated heterocycles. The van der Waals surface area contributed by atoms with Gasteiger partial charge in [-0.15, -0.1) is 0 Å². The maximum absolute atomic E-state index is 12.7. The molecule has 1 fully saturated rings. The number of para-hydroxylation sites is 1. The lowest BCUT2D eigenvalue weighted by Gasteiger charge is -2.19. The second kappa shape index (κ2) is 9.92. The quantitative estimate of drug-likeness (QED) is 0.455. The molecule has 0 N–H and O–H groups in total. The van der Waals surface area contributed by atoms with E-state index in [4.69, 9.17) is 9.47 Å².